The Morgan fingerprint density at radius 3 is 2.65 bits per heavy atom. The van der Waals surface area contributed by atoms with Gasteiger partial charge in [0.05, 0.1) is 17.4 Å². The molecule has 138 valence electrons. The highest BCUT2D eigenvalue weighted by molar-refractivity contribution is 7.99. The summed E-state index contributed by atoms with van der Waals surface area (Å²) in [6.07, 6.45) is 9.14. The third-order valence-corrected chi connectivity index (χ3v) is 6.99. The molecule has 0 bridgehead atoms. The molecule has 2 aromatic rings. The van der Waals surface area contributed by atoms with Crippen molar-refractivity contribution in [3.63, 3.8) is 0 Å². The van der Waals surface area contributed by atoms with Crippen LogP contribution < -0.4 is 10.6 Å². The lowest BCUT2D eigenvalue weighted by Gasteiger charge is -2.39. The third-order valence-electron chi connectivity index (χ3n) is 5.50. The third kappa shape index (κ3) is 3.60. The Morgan fingerprint density at radius 2 is 2.00 bits per heavy atom. The van der Waals surface area contributed by atoms with E-state index < -0.39 is 6.17 Å². The van der Waals surface area contributed by atoms with Crippen LogP contribution in [0.3, 0.4) is 0 Å². The molecule has 1 atom stereocenters. The molecule has 0 amide bonds. The molecule has 3 heterocycles. The fourth-order valence-corrected chi connectivity index (χ4v) is 4.95. The number of hydrogen-bond acceptors (Lipinski definition) is 6. The number of halogens is 2. The zero-order valence-electron chi connectivity index (χ0n) is 14.4. The van der Waals surface area contributed by atoms with E-state index in [0.717, 1.165) is 60.9 Å². The highest BCUT2D eigenvalue weighted by Gasteiger charge is 2.41. The lowest BCUT2D eigenvalue weighted by molar-refractivity contribution is 0.203. The van der Waals surface area contributed by atoms with Crippen LogP contribution in [0.1, 0.15) is 32.1 Å². The molecule has 2 N–H and O–H groups in total. The molecule has 2 aliphatic rings. The zero-order valence-corrected chi connectivity index (χ0v) is 15.9. The monoisotopic (exact) mass is 393 g/mol. The number of pyridine rings is 1. The van der Waals surface area contributed by atoms with Crippen molar-refractivity contribution in [3.05, 3.63) is 29.7 Å². The fourth-order valence-electron chi connectivity index (χ4n) is 3.96. The lowest BCUT2D eigenvalue weighted by Crippen LogP contribution is -2.39. The van der Waals surface area contributed by atoms with Gasteiger partial charge in [0.2, 0.25) is 0 Å². The Hall–Kier alpha value is -1.60. The minimum atomic E-state index is -0.605. The van der Waals surface area contributed by atoms with Crippen LogP contribution in [0.2, 0.25) is 5.02 Å². The van der Waals surface area contributed by atoms with Crippen molar-refractivity contribution < 1.29 is 4.39 Å². The minimum absolute atomic E-state index is 0.219. The summed E-state index contributed by atoms with van der Waals surface area (Å²) in [5.74, 6) is 1.19. The molecule has 8 heteroatoms. The van der Waals surface area contributed by atoms with Crippen LogP contribution in [-0.4, -0.2) is 34.2 Å². The molecule has 2 fully saturated rings. The van der Waals surface area contributed by atoms with E-state index in [1.165, 1.54) is 11.8 Å². The van der Waals surface area contributed by atoms with Gasteiger partial charge in [-0.05, 0) is 43.6 Å². The van der Waals surface area contributed by atoms with Crippen LogP contribution in [-0.2, 0) is 0 Å². The van der Waals surface area contributed by atoms with Gasteiger partial charge in [0.15, 0.2) is 0 Å². The first-order valence-electron chi connectivity index (χ1n) is 8.84. The van der Waals surface area contributed by atoms with E-state index in [-0.39, 0.29) is 5.41 Å². The molecule has 1 unspecified atom stereocenters. The average Bonchev–Trinajstić information content (AvgIpc) is 3.01. The standard InChI is InChI=1S/C18H21ClFN5S/c19-16-13(2-6-22-17(16)21)26-15-11-23-14(10-24-15)25-7-4-18(5-8-25)3-1-12(20)9-18/h2,6,10-12H,1,3-5,7-9H2,(H2,21,22). The number of hydrogen-bond donors (Lipinski definition) is 1. The second-order valence-corrected chi connectivity index (χ2v) is 8.59. The predicted molar refractivity (Wildman–Crippen MR) is 102 cm³/mol. The smallest absolute Gasteiger partial charge is 0.147 e. The molecular formula is C18H21ClFN5S. The number of rotatable bonds is 3. The molecule has 4 rings (SSSR count). The van der Waals surface area contributed by atoms with Crippen molar-refractivity contribution in [1.29, 1.82) is 0 Å². The highest BCUT2D eigenvalue weighted by atomic mass is 35.5. The second kappa shape index (κ2) is 7.19. The number of anilines is 2. The minimum Gasteiger partial charge on any atom is -0.382 e. The molecule has 26 heavy (non-hydrogen) atoms. The Kier molecular flexibility index (Phi) is 4.92. The summed E-state index contributed by atoms with van der Waals surface area (Å²) in [4.78, 5) is 16.1. The summed E-state index contributed by atoms with van der Waals surface area (Å²) in [7, 11) is 0. The summed E-state index contributed by atoms with van der Waals surface area (Å²) in [6.45, 7) is 1.83. The maximum absolute atomic E-state index is 13.6. The molecular weight excluding hydrogens is 373 g/mol. The zero-order chi connectivity index (χ0) is 18.1. The van der Waals surface area contributed by atoms with Crippen LogP contribution in [0.15, 0.2) is 34.6 Å². The van der Waals surface area contributed by atoms with E-state index in [2.05, 4.69) is 19.9 Å². The van der Waals surface area contributed by atoms with Gasteiger partial charge >= 0.3 is 0 Å². The van der Waals surface area contributed by atoms with Gasteiger partial charge in [0.25, 0.3) is 0 Å². The van der Waals surface area contributed by atoms with E-state index in [4.69, 9.17) is 17.3 Å². The maximum Gasteiger partial charge on any atom is 0.147 e. The molecule has 0 radical (unpaired) electrons. The Bertz CT molecular complexity index is 780. The second-order valence-electron chi connectivity index (χ2n) is 7.15. The predicted octanol–water partition coefficient (Wildman–Crippen LogP) is 4.37. The van der Waals surface area contributed by atoms with Crippen molar-refractivity contribution in [2.75, 3.05) is 23.7 Å². The van der Waals surface area contributed by atoms with Crippen molar-refractivity contribution in [2.24, 2.45) is 5.41 Å². The van der Waals surface area contributed by atoms with Crippen molar-refractivity contribution >= 4 is 35.0 Å². The van der Waals surface area contributed by atoms with Crippen LogP contribution in [0, 0.1) is 5.41 Å². The van der Waals surface area contributed by atoms with E-state index >= 15 is 0 Å². The number of alkyl halides is 1. The molecule has 5 nitrogen and oxygen atoms in total. The molecule has 2 aromatic heterocycles. The molecule has 1 spiro atoms. The summed E-state index contributed by atoms with van der Waals surface area (Å²) >= 11 is 7.59. The molecule has 1 saturated carbocycles. The van der Waals surface area contributed by atoms with E-state index in [1.807, 2.05) is 6.07 Å². The quantitative estimate of drug-likeness (QED) is 0.835. The van der Waals surface area contributed by atoms with Gasteiger partial charge < -0.3 is 10.6 Å². The van der Waals surface area contributed by atoms with E-state index in [0.29, 0.717) is 10.8 Å². The number of nitrogen functional groups attached to an aromatic ring is 1. The maximum atomic E-state index is 13.6. The van der Waals surface area contributed by atoms with Crippen LogP contribution in [0.25, 0.3) is 0 Å². The van der Waals surface area contributed by atoms with Crippen LogP contribution in [0.4, 0.5) is 16.0 Å². The summed E-state index contributed by atoms with van der Waals surface area (Å²) in [5, 5.41) is 1.19. The first-order chi connectivity index (χ1) is 12.5. The Labute approximate surface area is 161 Å². The Morgan fingerprint density at radius 1 is 1.19 bits per heavy atom. The summed E-state index contributed by atoms with van der Waals surface area (Å²) in [5.41, 5.74) is 5.95. The number of aromatic nitrogens is 3. The van der Waals surface area contributed by atoms with Gasteiger partial charge in [-0.1, -0.05) is 23.4 Å². The van der Waals surface area contributed by atoms with Gasteiger partial charge in [0.1, 0.15) is 22.8 Å². The Balaban J connectivity index is 1.40. The topological polar surface area (TPSA) is 67.9 Å². The average molecular weight is 394 g/mol. The van der Waals surface area contributed by atoms with Gasteiger partial charge in [-0.15, -0.1) is 0 Å². The largest absolute Gasteiger partial charge is 0.382 e. The molecule has 1 saturated heterocycles. The fraction of sp³-hybridized carbons (Fsp3) is 0.500. The highest BCUT2D eigenvalue weighted by Crippen LogP contribution is 2.47. The van der Waals surface area contributed by atoms with Crippen molar-refractivity contribution in [2.45, 2.75) is 48.2 Å². The van der Waals surface area contributed by atoms with Gasteiger partial charge in [-0.25, -0.2) is 19.3 Å². The number of nitrogens with zero attached hydrogens (tertiary/aromatic N) is 4. The molecule has 1 aliphatic heterocycles. The van der Waals surface area contributed by atoms with Crippen LogP contribution >= 0.6 is 23.4 Å². The van der Waals surface area contributed by atoms with E-state index in [9.17, 15) is 4.39 Å². The SMILES string of the molecule is Nc1nccc(Sc2cnc(N3CCC4(CCC(F)C4)CC3)cn2)c1Cl. The summed E-state index contributed by atoms with van der Waals surface area (Å²) < 4.78 is 13.6. The molecule has 1 aliphatic carbocycles. The summed E-state index contributed by atoms with van der Waals surface area (Å²) in [6, 6.07) is 1.81. The first kappa shape index (κ1) is 17.8. The van der Waals surface area contributed by atoms with Crippen molar-refractivity contribution in [1.82, 2.24) is 15.0 Å². The number of nitrogens with two attached hydrogens (primary N) is 1. The van der Waals surface area contributed by atoms with Gasteiger partial charge in [-0.3, -0.25) is 0 Å². The molecule has 0 aromatic carbocycles. The van der Waals surface area contributed by atoms with E-state index in [1.54, 1.807) is 18.6 Å². The van der Waals surface area contributed by atoms with Gasteiger partial charge in [0, 0.05) is 24.2 Å². The normalized spacial score (nSPS) is 22.1. The van der Waals surface area contributed by atoms with Crippen molar-refractivity contribution in [3.8, 4) is 0 Å². The number of piperidine rings is 1. The van der Waals surface area contributed by atoms with Crippen LogP contribution in [0.5, 0.6) is 0 Å². The lowest BCUT2D eigenvalue weighted by atomic mass is 9.77. The van der Waals surface area contributed by atoms with Gasteiger partial charge in [-0.2, -0.15) is 0 Å². The first-order valence-corrected chi connectivity index (χ1v) is 10.0.